The summed E-state index contributed by atoms with van der Waals surface area (Å²) >= 11 is 5.97. The number of rotatable bonds is 4. The van der Waals surface area contributed by atoms with Gasteiger partial charge in [0.15, 0.2) is 0 Å². The third kappa shape index (κ3) is 3.37. The van der Waals surface area contributed by atoms with Crippen molar-refractivity contribution in [2.75, 3.05) is 6.54 Å². The van der Waals surface area contributed by atoms with Gasteiger partial charge in [-0.05, 0) is 24.1 Å². The predicted octanol–water partition coefficient (Wildman–Crippen LogP) is 2.65. The van der Waals surface area contributed by atoms with Gasteiger partial charge in [0.1, 0.15) is 0 Å². The number of benzene rings is 1. The molecule has 0 saturated carbocycles. The number of aryl methyl sites for hydroxylation is 1. The van der Waals surface area contributed by atoms with Crippen molar-refractivity contribution < 1.29 is 0 Å². The summed E-state index contributed by atoms with van der Waals surface area (Å²) in [6, 6.07) is 8.09. The number of hydrogen-bond donors (Lipinski definition) is 1. The molecule has 0 unspecified atom stereocenters. The van der Waals surface area contributed by atoms with Crippen LogP contribution in [0.4, 0.5) is 0 Å². The lowest BCUT2D eigenvalue weighted by Gasteiger charge is -2.04. The Bertz CT molecular complexity index is 342. The molecule has 14 heavy (non-hydrogen) atoms. The van der Waals surface area contributed by atoms with Crippen molar-refractivity contribution in [3.8, 4) is 6.07 Å². The lowest BCUT2D eigenvalue weighted by molar-refractivity contribution is 0.699. The Morgan fingerprint density at radius 1 is 1.50 bits per heavy atom. The van der Waals surface area contributed by atoms with Crippen LogP contribution in [0.25, 0.3) is 0 Å². The third-order valence-electron chi connectivity index (χ3n) is 1.98. The number of halogens is 1. The molecule has 1 aromatic carbocycles. The molecule has 0 aliphatic rings. The van der Waals surface area contributed by atoms with Gasteiger partial charge in [-0.15, -0.1) is 0 Å². The molecule has 0 atom stereocenters. The van der Waals surface area contributed by atoms with Crippen LogP contribution in [0.1, 0.15) is 17.5 Å². The molecule has 0 bridgehead atoms. The SMILES string of the molecule is Cc1ccc(CNCCC#N)cc1Cl. The summed E-state index contributed by atoms with van der Waals surface area (Å²) in [7, 11) is 0. The zero-order valence-corrected chi connectivity index (χ0v) is 8.93. The minimum absolute atomic E-state index is 0.541. The molecule has 0 saturated heterocycles. The maximum atomic E-state index is 8.33. The maximum absolute atomic E-state index is 8.33. The van der Waals surface area contributed by atoms with E-state index in [0.29, 0.717) is 6.42 Å². The topological polar surface area (TPSA) is 35.8 Å². The molecule has 0 fully saturated rings. The molecule has 1 N–H and O–H groups in total. The first-order valence-electron chi connectivity index (χ1n) is 4.56. The van der Waals surface area contributed by atoms with E-state index in [9.17, 15) is 0 Å². The Balaban J connectivity index is 2.44. The first-order valence-corrected chi connectivity index (χ1v) is 4.94. The number of nitriles is 1. The van der Waals surface area contributed by atoms with E-state index < -0.39 is 0 Å². The molecule has 1 rings (SSSR count). The van der Waals surface area contributed by atoms with Crippen LogP contribution < -0.4 is 5.32 Å². The number of hydrogen-bond acceptors (Lipinski definition) is 2. The molecule has 3 heteroatoms. The van der Waals surface area contributed by atoms with E-state index >= 15 is 0 Å². The fourth-order valence-electron chi connectivity index (χ4n) is 1.12. The van der Waals surface area contributed by atoms with Crippen LogP contribution in [0.3, 0.4) is 0 Å². The average molecular weight is 209 g/mol. The molecule has 0 aromatic heterocycles. The summed E-state index contributed by atoms with van der Waals surface area (Å²) in [4.78, 5) is 0. The van der Waals surface area contributed by atoms with Crippen molar-refractivity contribution >= 4 is 11.6 Å². The van der Waals surface area contributed by atoms with Gasteiger partial charge in [-0.3, -0.25) is 0 Å². The van der Waals surface area contributed by atoms with E-state index in [-0.39, 0.29) is 0 Å². The first-order chi connectivity index (χ1) is 6.74. The highest BCUT2D eigenvalue weighted by molar-refractivity contribution is 6.31. The van der Waals surface area contributed by atoms with E-state index in [2.05, 4.69) is 11.4 Å². The van der Waals surface area contributed by atoms with E-state index in [1.807, 2.05) is 25.1 Å². The van der Waals surface area contributed by atoms with Crippen LogP contribution in [0.5, 0.6) is 0 Å². The van der Waals surface area contributed by atoms with E-state index in [1.54, 1.807) is 0 Å². The van der Waals surface area contributed by atoms with Crippen molar-refractivity contribution in [1.82, 2.24) is 5.32 Å². The zero-order valence-electron chi connectivity index (χ0n) is 8.18. The highest BCUT2D eigenvalue weighted by Crippen LogP contribution is 2.16. The lowest BCUT2D eigenvalue weighted by Crippen LogP contribution is -2.14. The monoisotopic (exact) mass is 208 g/mol. The largest absolute Gasteiger partial charge is 0.312 e. The Hall–Kier alpha value is -1.04. The van der Waals surface area contributed by atoms with Gasteiger partial charge in [0.2, 0.25) is 0 Å². The van der Waals surface area contributed by atoms with Crippen molar-refractivity contribution in [3.05, 3.63) is 34.3 Å². The van der Waals surface area contributed by atoms with Crippen LogP contribution in [-0.4, -0.2) is 6.54 Å². The van der Waals surface area contributed by atoms with Gasteiger partial charge >= 0.3 is 0 Å². The average Bonchev–Trinajstić information content (AvgIpc) is 2.18. The predicted molar refractivity (Wildman–Crippen MR) is 58.1 cm³/mol. The lowest BCUT2D eigenvalue weighted by atomic mass is 10.1. The molecule has 74 valence electrons. The fourth-order valence-corrected chi connectivity index (χ4v) is 1.33. The number of nitrogens with zero attached hydrogens (tertiary/aromatic N) is 1. The minimum atomic E-state index is 0.541. The van der Waals surface area contributed by atoms with Crippen LogP contribution in [0.2, 0.25) is 5.02 Å². The second-order valence-electron chi connectivity index (χ2n) is 3.17. The molecule has 0 aliphatic carbocycles. The van der Waals surface area contributed by atoms with E-state index in [1.165, 1.54) is 0 Å². The maximum Gasteiger partial charge on any atom is 0.0635 e. The zero-order chi connectivity index (χ0) is 10.4. The van der Waals surface area contributed by atoms with Crippen LogP contribution in [0, 0.1) is 18.3 Å². The Kier molecular flexibility index (Phi) is 4.45. The van der Waals surface area contributed by atoms with E-state index in [4.69, 9.17) is 16.9 Å². The summed E-state index contributed by atoms with van der Waals surface area (Å²) in [6.07, 6.45) is 0.541. The molecule has 0 amide bonds. The molecule has 0 aliphatic heterocycles. The molecular weight excluding hydrogens is 196 g/mol. The highest BCUT2D eigenvalue weighted by Gasteiger charge is 1.97. The van der Waals surface area contributed by atoms with Crippen LogP contribution in [0.15, 0.2) is 18.2 Å². The Morgan fingerprint density at radius 2 is 2.29 bits per heavy atom. The molecule has 1 aromatic rings. The van der Waals surface area contributed by atoms with Gasteiger partial charge in [-0.1, -0.05) is 23.7 Å². The Morgan fingerprint density at radius 3 is 2.93 bits per heavy atom. The fraction of sp³-hybridized carbons (Fsp3) is 0.364. The van der Waals surface area contributed by atoms with Crippen molar-refractivity contribution in [1.29, 1.82) is 5.26 Å². The third-order valence-corrected chi connectivity index (χ3v) is 2.39. The van der Waals surface area contributed by atoms with Gasteiger partial charge in [-0.25, -0.2) is 0 Å². The van der Waals surface area contributed by atoms with Crippen molar-refractivity contribution in [3.63, 3.8) is 0 Å². The van der Waals surface area contributed by atoms with Gasteiger partial charge in [-0.2, -0.15) is 5.26 Å². The smallest absolute Gasteiger partial charge is 0.0635 e. The summed E-state index contributed by atoms with van der Waals surface area (Å²) in [5, 5.41) is 12.3. The molecule has 2 nitrogen and oxygen atoms in total. The molecular formula is C11H13ClN2. The summed E-state index contributed by atoms with van der Waals surface area (Å²) in [5.41, 5.74) is 2.24. The van der Waals surface area contributed by atoms with Crippen molar-refractivity contribution in [2.45, 2.75) is 19.9 Å². The first kappa shape index (κ1) is 11.0. The summed E-state index contributed by atoms with van der Waals surface area (Å²) in [5.74, 6) is 0. The van der Waals surface area contributed by atoms with Crippen LogP contribution in [-0.2, 0) is 6.54 Å². The normalized spacial score (nSPS) is 9.79. The Labute approximate surface area is 89.5 Å². The standard InChI is InChI=1S/C11H13ClN2/c1-9-3-4-10(7-11(9)12)8-14-6-2-5-13/h3-4,7,14H,2,6,8H2,1H3. The second kappa shape index (κ2) is 5.64. The van der Waals surface area contributed by atoms with E-state index in [0.717, 1.165) is 29.2 Å². The summed E-state index contributed by atoms with van der Waals surface area (Å²) < 4.78 is 0. The van der Waals surface area contributed by atoms with Crippen LogP contribution >= 0.6 is 11.6 Å². The van der Waals surface area contributed by atoms with Gasteiger partial charge < -0.3 is 5.32 Å². The quantitative estimate of drug-likeness (QED) is 0.773. The number of nitrogens with one attached hydrogen (secondary N) is 1. The molecule has 0 radical (unpaired) electrons. The van der Waals surface area contributed by atoms with Crippen molar-refractivity contribution in [2.24, 2.45) is 0 Å². The van der Waals surface area contributed by atoms with Gasteiger partial charge in [0.05, 0.1) is 6.07 Å². The highest BCUT2D eigenvalue weighted by atomic mass is 35.5. The molecule has 0 spiro atoms. The van der Waals surface area contributed by atoms with Gasteiger partial charge in [0, 0.05) is 24.5 Å². The summed E-state index contributed by atoms with van der Waals surface area (Å²) in [6.45, 7) is 3.47. The molecule has 0 heterocycles. The minimum Gasteiger partial charge on any atom is -0.312 e. The van der Waals surface area contributed by atoms with Gasteiger partial charge in [0.25, 0.3) is 0 Å². The second-order valence-corrected chi connectivity index (χ2v) is 3.58.